The number of para-hydroxylation sites is 2. The summed E-state index contributed by atoms with van der Waals surface area (Å²) >= 11 is 3.63. The van der Waals surface area contributed by atoms with Crippen molar-refractivity contribution in [1.82, 2.24) is 0 Å². The molecule has 284 valence electrons. The molecular formula is C37H54BF5N2NiO2S2. The monoisotopic (exact) mass is 786 g/mol. The first kappa shape index (κ1) is 59.3. The molecule has 0 spiro atoms. The van der Waals surface area contributed by atoms with Gasteiger partial charge in [-0.2, -0.15) is 0 Å². The molecule has 1 heterocycles. The third-order valence-corrected chi connectivity index (χ3v) is 7.58. The van der Waals surface area contributed by atoms with E-state index in [9.17, 15) is 9.18 Å². The number of alkyl halides is 1. The van der Waals surface area contributed by atoms with Crippen molar-refractivity contribution in [2.45, 2.75) is 76.7 Å². The molecule has 13 heteroatoms. The van der Waals surface area contributed by atoms with E-state index in [0.717, 1.165) is 38.4 Å². The molecule has 1 N–H and O–H groups in total. The minimum atomic E-state index is -0.125. The number of aliphatic hydroxyl groups is 1. The Hall–Kier alpha value is -2.88. The minimum Gasteiger partial charge on any atom is -0.512 e. The van der Waals surface area contributed by atoms with E-state index in [0.29, 0.717) is 7.18 Å². The van der Waals surface area contributed by atoms with E-state index < -0.39 is 0 Å². The van der Waals surface area contributed by atoms with Crippen LogP contribution in [0.4, 0.5) is 34.1 Å². The fraction of sp³-hybridized carbons (Fsp3) is 0.378. The Morgan fingerprint density at radius 1 is 0.720 bits per heavy atom. The van der Waals surface area contributed by atoms with Gasteiger partial charge in [-0.15, -0.1) is 23.5 Å². The second-order valence-corrected chi connectivity index (χ2v) is 11.7. The second-order valence-electron chi connectivity index (χ2n) is 9.53. The summed E-state index contributed by atoms with van der Waals surface area (Å²) in [6, 6.07) is 22.1. The summed E-state index contributed by atoms with van der Waals surface area (Å²) < 4.78 is 41.5. The number of halogens is 5. The largest absolute Gasteiger partial charge is 0.512 e. The predicted molar refractivity (Wildman–Crippen MR) is 211 cm³/mol. The predicted octanol–water partition coefficient (Wildman–Crippen LogP) is 12.6. The molecule has 2 radical (unpaired) electrons. The molecule has 0 unspecified atom stereocenters. The Morgan fingerprint density at radius 3 is 1.22 bits per heavy atom. The Balaban J connectivity index is -0.000000155. The molecule has 0 aliphatic carbocycles. The number of carbonyl (C=O) groups excluding carboxylic acids is 1. The summed E-state index contributed by atoms with van der Waals surface area (Å²) in [5.74, 6) is 2.10. The van der Waals surface area contributed by atoms with Crippen molar-refractivity contribution in [3.63, 3.8) is 0 Å². The molecule has 50 heavy (non-hydrogen) atoms. The van der Waals surface area contributed by atoms with E-state index in [1.807, 2.05) is 53.9 Å². The van der Waals surface area contributed by atoms with Crippen LogP contribution in [0, 0.1) is 27.7 Å². The average Bonchev–Trinajstić information content (AvgIpc) is 3.05. The van der Waals surface area contributed by atoms with E-state index in [2.05, 4.69) is 77.9 Å². The van der Waals surface area contributed by atoms with Gasteiger partial charge in [0.05, 0.1) is 24.3 Å². The van der Waals surface area contributed by atoms with Crippen molar-refractivity contribution in [3.05, 3.63) is 101 Å². The first-order valence-electron chi connectivity index (χ1n) is 14.4. The number of rotatable bonds is 3. The van der Waals surface area contributed by atoms with Crippen LogP contribution in [0.3, 0.4) is 0 Å². The molecule has 1 fully saturated rings. The zero-order valence-corrected chi connectivity index (χ0v) is 31.5. The third-order valence-electron chi connectivity index (χ3n) is 5.26. The van der Waals surface area contributed by atoms with Gasteiger partial charge in [0.2, 0.25) is 0 Å². The van der Waals surface area contributed by atoms with Crippen molar-refractivity contribution >= 4 is 64.1 Å². The second kappa shape index (κ2) is 38.9. The quantitative estimate of drug-likeness (QED) is 0.124. The average molecular weight is 787 g/mol. The van der Waals surface area contributed by atoms with Crippen LogP contribution in [0.25, 0.3) is 0 Å². The van der Waals surface area contributed by atoms with Crippen molar-refractivity contribution in [2.75, 3.05) is 18.7 Å². The molecule has 4 rings (SSSR count). The maximum Gasteiger partial charge on any atom is 0.155 e. The van der Waals surface area contributed by atoms with Gasteiger partial charge in [-0.1, -0.05) is 107 Å². The van der Waals surface area contributed by atoms with Crippen LogP contribution in [0.15, 0.2) is 88.6 Å². The van der Waals surface area contributed by atoms with Crippen molar-refractivity contribution in [2.24, 2.45) is 9.98 Å². The number of ketones is 1. The Bertz CT molecular complexity index is 1250. The molecule has 1 aliphatic heterocycles. The van der Waals surface area contributed by atoms with Crippen LogP contribution in [0.1, 0.15) is 71.2 Å². The van der Waals surface area contributed by atoms with E-state index in [-0.39, 0.29) is 42.9 Å². The molecule has 3 aromatic carbocycles. The van der Waals surface area contributed by atoms with Gasteiger partial charge in [-0.3, -0.25) is 9.18 Å². The fourth-order valence-corrected chi connectivity index (χ4v) is 5.53. The van der Waals surface area contributed by atoms with Gasteiger partial charge in [0, 0.05) is 52.4 Å². The standard InChI is InChI=1S/C20H22N2S2.C6H5B.C5H8O2.C3H8.CH3F.2CH4.2F2.Ni/c1-13-7-5-8-14(2)17(13)21-19-20(24-12-11-23-19)22-18-15(3)9-6-10-16(18)4;7-6-4-2-1-3-5-6;1-4(6)3-5(2)7;1-3-2;1-2;;;2*1-2;/h5-10H,11-12H2,1-4H3;1-5H;3,6H,1-2H3;3H2,1-2H3;1H3;2*1H4;;;. The molecule has 4 nitrogen and oxygen atoms in total. The number of aryl methyl sites for hydroxylation is 4. The number of thioether (sulfide) groups is 2. The topological polar surface area (TPSA) is 62.0 Å². The summed E-state index contributed by atoms with van der Waals surface area (Å²) in [5.41, 5.74) is 7.83. The van der Waals surface area contributed by atoms with Gasteiger partial charge in [-0.25, -0.2) is 9.98 Å². The zero-order valence-electron chi connectivity index (χ0n) is 28.9. The molecule has 0 amide bonds. The maximum absolute atomic E-state index is 10.0. The number of aliphatic imine (C=N–C) groups is 2. The van der Waals surface area contributed by atoms with Crippen LogP contribution in [0.5, 0.6) is 0 Å². The van der Waals surface area contributed by atoms with Crippen LogP contribution >= 0.6 is 23.5 Å². The van der Waals surface area contributed by atoms with E-state index in [1.54, 1.807) is 0 Å². The molecule has 1 aliphatic rings. The number of nitrogens with zero attached hydrogens (tertiary/aromatic N) is 2. The van der Waals surface area contributed by atoms with Crippen LogP contribution < -0.4 is 5.46 Å². The van der Waals surface area contributed by atoms with Gasteiger partial charge >= 0.3 is 0 Å². The maximum atomic E-state index is 10.0. The molecule has 0 atom stereocenters. The summed E-state index contributed by atoms with van der Waals surface area (Å²) in [6.07, 6.45) is 2.42. The van der Waals surface area contributed by atoms with Gasteiger partial charge in [-0.05, 0) is 63.8 Å². The van der Waals surface area contributed by atoms with Crippen LogP contribution in [-0.4, -0.2) is 47.5 Å². The van der Waals surface area contributed by atoms with Crippen molar-refractivity contribution in [3.8, 4) is 0 Å². The van der Waals surface area contributed by atoms with E-state index in [4.69, 9.17) is 41.2 Å². The number of carbonyl (C=O) groups is 1. The van der Waals surface area contributed by atoms with Crippen LogP contribution in [0.2, 0.25) is 0 Å². The van der Waals surface area contributed by atoms with E-state index >= 15 is 0 Å². The first-order valence-corrected chi connectivity index (χ1v) is 16.4. The Kier molecular flexibility index (Phi) is 46.1. The van der Waals surface area contributed by atoms with Gasteiger partial charge in [0.25, 0.3) is 0 Å². The van der Waals surface area contributed by atoms with Gasteiger partial charge in [0.15, 0.2) is 5.78 Å². The fourth-order valence-electron chi connectivity index (χ4n) is 3.47. The number of allylic oxidation sites excluding steroid dienone is 2. The third kappa shape index (κ3) is 27.9. The molecule has 3 aromatic rings. The zero-order chi connectivity index (χ0) is 36.8. The molecule has 0 saturated carbocycles. The Labute approximate surface area is 318 Å². The molecule has 0 bridgehead atoms. The molecule has 1 saturated heterocycles. The molecular weight excluding hydrogens is 733 g/mol. The smallest absolute Gasteiger partial charge is 0.155 e. The van der Waals surface area contributed by atoms with Crippen molar-refractivity contribution < 1.29 is 49.1 Å². The number of hydrogen-bond donors (Lipinski definition) is 1. The number of hydrogen-bond acceptors (Lipinski definition) is 6. The summed E-state index contributed by atoms with van der Waals surface area (Å²) in [7, 11) is 5.86. The normalized spacial score (nSPS) is 12.3. The van der Waals surface area contributed by atoms with Crippen LogP contribution in [-0.2, 0) is 21.3 Å². The van der Waals surface area contributed by atoms with E-state index in [1.165, 1.54) is 48.6 Å². The summed E-state index contributed by atoms with van der Waals surface area (Å²) in [4.78, 5) is 20.0. The number of benzene rings is 3. The summed E-state index contributed by atoms with van der Waals surface area (Å²) in [5, 5.41) is 10.5. The minimum absolute atomic E-state index is 0. The first-order chi connectivity index (χ1) is 22.5. The molecule has 0 aromatic heterocycles. The Morgan fingerprint density at radius 2 is 1.02 bits per heavy atom. The summed E-state index contributed by atoms with van der Waals surface area (Å²) in [6.45, 7) is 15.6. The van der Waals surface area contributed by atoms with Crippen molar-refractivity contribution in [1.29, 1.82) is 0 Å². The number of aliphatic hydroxyl groups excluding tert-OH is 1. The SMILES string of the molecule is C.C.CC(=O)C=C(C)O.CCC.CF.Cc1cccc(C)c1N=C1SCCSC1=Nc1c(C)cccc1C.FF.FF.[B]c1ccccc1.[Ni]. The van der Waals surface area contributed by atoms with Gasteiger partial charge in [0.1, 0.15) is 17.9 Å². The van der Waals surface area contributed by atoms with Gasteiger partial charge < -0.3 is 5.11 Å².